The van der Waals surface area contributed by atoms with Crippen molar-refractivity contribution in [2.45, 2.75) is 6.04 Å². The maximum atomic E-state index is 13.3. The van der Waals surface area contributed by atoms with Crippen LogP contribution in [0, 0.1) is 23.3 Å². The van der Waals surface area contributed by atoms with Gasteiger partial charge in [-0.2, -0.15) is 0 Å². The van der Waals surface area contributed by atoms with E-state index in [1.165, 1.54) is 0 Å². The first kappa shape index (κ1) is 11.3. The van der Waals surface area contributed by atoms with Gasteiger partial charge >= 0.3 is 0 Å². The van der Waals surface area contributed by atoms with Crippen LogP contribution in [0.5, 0.6) is 0 Å². The Balaban J connectivity index is 2.45. The summed E-state index contributed by atoms with van der Waals surface area (Å²) in [4.78, 5) is 0. The van der Waals surface area contributed by atoms with Gasteiger partial charge in [-0.3, -0.25) is 0 Å². The zero-order chi connectivity index (χ0) is 11.7. The second kappa shape index (κ2) is 4.39. The minimum Gasteiger partial charge on any atom is -0.378 e. The van der Waals surface area contributed by atoms with Crippen LogP contribution in [0.15, 0.2) is 6.07 Å². The summed E-state index contributed by atoms with van der Waals surface area (Å²) in [5, 5.41) is 2.73. The molecule has 0 unspecified atom stereocenters. The van der Waals surface area contributed by atoms with E-state index in [9.17, 15) is 17.6 Å². The van der Waals surface area contributed by atoms with Gasteiger partial charge in [0, 0.05) is 18.2 Å². The van der Waals surface area contributed by atoms with Crippen molar-refractivity contribution < 1.29 is 22.3 Å². The third kappa shape index (κ3) is 1.90. The summed E-state index contributed by atoms with van der Waals surface area (Å²) in [5.74, 6) is -5.55. The number of ether oxygens (including phenoxy) is 1. The Kier molecular flexibility index (Phi) is 3.11. The fraction of sp³-hybridized carbons (Fsp3) is 0.400. The highest BCUT2D eigenvalue weighted by atomic mass is 19.2. The van der Waals surface area contributed by atoms with E-state index in [2.05, 4.69) is 5.32 Å². The van der Waals surface area contributed by atoms with E-state index in [0.717, 1.165) is 0 Å². The molecule has 0 spiro atoms. The predicted octanol–water partition coefficient (Wildman–Crippen LogP) is 1.90. The van der Waals surface area contributed by atoms with Gasteiger partial charge in [0.15, 0.2) is 23.3 Å². The monoisotopic (exact) mass is 235 g/mol. The molecule has 88 valence electrons. The van der Waals surface area contributed by atoms with Gasteiger partial charge in [0.2, 0.25) is 0 Å². The van der Waals surface area contributed by atoms with Crippen molar-refractivity contribution in [1.29, 1.82) is 0 Å². The van der Waals surface area contributed by atoms with Crippen LogP contribution in [0.2, 0.25) is 0 Å². The second-order valence-corrected chi connectivity index (χ2v) is 3.46. The van der Waals surface area contributed by atoms with E-state index in [1.807, 2.05) is 0 Å². The van der Waals surface area contributed by atoms with E-state index in [1.54, 1.807) is 0 Å². The molecule has 16 heavy (non-hydrogen) atoms. The molecule has 0 aliphatic carbocycles. The molecule has 1 saturated heterocycles. The van der Waals surface area contributed by atoms with Gasteiger partial charge in [-0.05, 0) is 0 Å². The van der Waals surface area contributed by atoms with Gasteiger partial charge < -0.3 is 10.1 Å². The highest BCUT2D eigenvalue weighted by Gasteiger charge is 2.27. The quantitative estimate of drug-likeness (QED) is 0.593. The summed E-state index contributed by atoms with van der Waals surface area (Å²) < 4.78 is 57.5. The van der Waals surface area contributed by atoms with E-state index >= 15 is 0 Å². The highest BCUT2D eigenvalue weighted by Crippen LogP contribution is 2.26. The lowest BCUT2D eigenvalue weighted by Crippen LogP contribution is -2.36. The lowest BCUT2D eigenvalue weighted by molar-refractivity contribution is 0.0740. The predicted molar refractivity (Wildman–Crippen MR) is 47.8 cm³/mol. The normalized spacial score (nSPS) is 21.1. The third-order valence-electron chi connectivity index (χ3n) is 2.42. The Morgan fingerprint density at radius 2 is 1.75 bits per heavy atom. The number of hydrogen-bond donors (Lipinski definition) is 1. The average molecular weight is 235 g/mol. The number of morpholine rings is 1. The molecule has 2 rings (SSSR count). The average Bonchev–Trinajstić information content (AvgIpc) is 2.28. The fourth-order valence-corrected chi connectivity index (χ4v) is 1.65. The molecule has 0 bridgehead atoms. The zero-order valence-electron chi connectivity index (χ0n) is 8.20. The Bertz CT molecular complexity index is 378. The maximum absolute atomic E-state index is 13.3. The summed E-state index contributed by atoms with van der Waals surface area (Å²) >= 11 is 0. The van der Waals surface area contributed by atoms with Crippen molar-refractivity contribution in [2.75, 3.05) is 19.8 Å². The first-order chi connectivity index (χ1) is 7.61. The molecule has 0 saturated carbocycles. The SMILES string of the molecule is Fc1cc(F)c(F)c([C@@H]2COCCN2)c1F. The minimum atomic E-state index is -1.40. The van der Waals surface area contributed by atoms with Crippen LogP contribution in [0.1, 0.15) is 11.6 Å². The van der Waals surface area contributed by atoms with Gasteiger partial charge in [-0.1, -0.05) is 0 Å². The standard InChI is InChI=1S/C10H9F4NO/c11-5-3-6(12)10(14)8(9(5)13)7-4-16-2-1-15-7/h3,7,15H,1-2,4H2/t7-/m0/s1. The van der Waals surface area contributed by atoms with Crippen molar-refractivity contribution in [1.82, 2.24) is 5.32 Å². The Morgan fingerprint density at radius 1 is 1.12 bits per heavy atom. The molecule has 1 aromatic rings. The Labute approximate surface area is 89.2 Å². The summed E-state index contributed by atoms with van der Waals surface area (Å²) in [7, 11) is 0. The number of halogens is 4. The van der Waals surface area contributed by atoms with Gasteiger partial charge in [-0.25, -0.2) is 17.6 Å². The van der Waals surface area contributed by atoms with Gasteiger partial charge in [-0.15, -0.1) is 0 Å². The number of nitrogens with one attached hydrogen (secondary N) is 1. The van der Waals surface area contributed by atoms with Crippen LogP contribution in [0.25, 0.3) is 0 Å². The van der Waals surface area contributed by atoms with Crippen molar-refractivity contribution in [3.8, 4) is 0 Å². The lowest BCUT2D eigenvalue weighted by atomic mass is 10.0. The topological polar surface area (TPSA) is 21.3 Å². The number of hydrogen-bond acceptors (Lipinski definition) is 2. The second-order valence-electron chi connectivity index (χ2n) is 3.46. The molecule has 6 heteroatoms. The Hall–Kier alpha value is -1.14. The maximum Gasteiger partial charge on any atom is 0.166 e. The Morgan fingerprint density at radius 3 is 2.25 bits per heavy atom. The van der Waals surface area contributed by atoms with Crippen LogP contribution in [0.4, 0.5) is 17.6 Å². The molecule has 1 heterocycles. The summed E-state index contributed by atoms with van der Waals surface area (Å²) in [6, 6.07) is -0.670. The van der Waals surface area contributed by atoms with Crippen molar-refractivity contribution in [3.05, 3.63) is 34.9 Å². The summed E-state index contributed by atoms with van der Waals surface area (Å²) in [6.07, 6.45) is 0. The minimum absolute atomic E-state index is 0.0171. The first-order valence-corrected chi connectivity index (χ1v) is 4.75. The van der Waals surface area contributed by atoms with Crippen molar-refractivity contribution in [3.63, 3.8) is 0 Å². The molecule has 2 nitrogen and oxygen atoms in total. The van der Waals surface area contributed by atoms with Gasteiger partial charge in [0.05, 0.1) is 19.3 Å². The zero-order valence-corrected chi connectivity index (χ0v) is 8.20. The van der Waals surface area contributed by atoms with Crippen LogP contribution < -0.4 is 5.32 Å². The fourth-order valence-electron chi connectivity index (χ4n) is 1.65. The molecular formula is C10H9F4NO. The summed E-state index contributed by atoms with van der Waals surface area (Å²) in [5.41, 5.74) is -0.641. The molecule has 1 fully saturated rings. The van der Waals surface area contributed by atoms with Crippen LogP contribution in [-0.2, 0) is 4.74 Å². The van der Waals surface area contributed by atoms with E-state index < -0.39 is 34.9 Å². The smallest absolute Gasteiger partial charge is 0.166 e. The molecule has 1 aliphatic heterocycles. The van der Waals surface area contributed by atoms with Crippen LogP contribution in [0.3, 0.4) is 0 Å². The highest BCUT2D eigenvalue weighted by molar-refractivity contribution is 5.26. The van der Waals surface area contributed by atoms with E-state index in [-0.39, 0.29) is 12.7 Å². The molecule has 1 N–H and O–H groups in total. The molecular weight excluding hydrogens is 226 g/mol. The lowest BCUT2D eigenvalue weighted by Gasteiger charge is -2.24. The van der Waals surface area contributed by atoms with Crippen LogP contribution >= 0.6 is 0 Å². The molecule has 0 aromatic heterocycles. The molecule has 1 aromatic carbocycles. The van der Waals surface area contributed by atoms with Gasteiger partial charge in [0.25, 0.3) is 0 Å². The molecule has 0 radical (unpaired) electrons. The van der Waals surface area contributed by atoms with E-state index in [0.29, 0.717) is 13.2 Å². The van der Waals surface area contributed by atoms with E-state index in [4.69, 9.17) is 4.74 Å². The first-order valence-electron chi connectivity index (χ1n) is 4.75. The van der Waals surface area contributed by atoms with Crippen molar-refractivity contribution >= 4 is 0 Å². The van der Waals surface area contributed by atoms with Crippen LogP contribution in [-0.4, -0.2) is 19.8 Å². The van der Waals surface area contributed by atoms with Crippen molar-refractivity contribution in [2.24, 2.45) is 0 Å². The molecule has 0 amide bonds. The van der Waals surface area contributed by atoms with Gasteiger partial charge in [0.1, 0.15) is 0 Å². The summed E-state index contributed by atoms with van der Waals surface area (Å²) in [6.45, 7) is 0.760. The molecule has 1 aliphatic rings. The number of benzene rings is 1. The largest absolute Gasteiger partial charge is 0.378 e. The number of rotatable bonds is 1. The molecule has 1 atom stereocenters. The third-order valence-corrected chi connectivity index (χ3v) is 2.42.